The van der Waals surface area contributed by atoms with E-state index in [1.165, 1.54) is 10.5 Å². The molecule has 0 N–H and O–H groups in total. The van der Waals surface area contributed by atoms with Gasteiger partial charge in [-0.1, -0.05) is 48.0 Å². The van der Waals surface area contributed by atoms with Crippen LogP contribution in [0.2, 0.25) is 0 Å². The molecule has 0 unspecified atom stereocenters. The van der Waals surface area contributed by atoms with Crippen LogP contribution in [0.5, 0.6) is 0 Å². The lowest BCUT2D eigenvalue weighted by molar-refractivity contribution is -0.126. The molecule has 0 radical (unpaired) electrons. The molecule has 3 aliphatic heterocycles. The Morgan fingerprint density at radius 1 is 0.808 bits per heavy atom. The van der Waals surface area contributed by atoms with Crippen LogP contribution in [-0.2, 0) is 9.59 Å². The lowest BCUT2D eigenvalue weighted by Crippen LogP contribution is -2.44. The third-order valence-corrected chi connectivity index (χ3v) is 5.84. The topological polar surface area (TPSA) is 43.9 Å². The second-order valence-corrected chi connectivity index (χ2v) is 7.35. The van der Waals surface area contributed by atoms with Crippen molar-refractivity contribution in [2.45, 2.75) is 25.4 Å². The summed E-state index contributed by atoms with van der Waals surface area (Å²) in [6.45, 7) is 3.80. The number of hydrogen-bond donors (Lipinski definition) is 0. The van der Waals surface area contributed by atoms with Gasteiger partial charge >= 0.3 is 0 Å². The van der Waals surface area contributed by atoms with Gasteiger partial charge in [-0.3, -0.25) is 9.59 Å². The SMILES string of the molecule is Cc1ccc([C@@H]2[C@H]3C(=O)N(c4ccccc4)C(=O)[C@@H]3N3CCCN23)cc1. The van der Waals surface area contributed by atoms with Crippen molar-refractivity contribution in [3.05, 3.63) is 65.7 Å². The Morgan fingerprint density at radius 3 is 2.15 bits per heavy atom. The van der Waals surface area contributed by atoms with Gasteiger partial charge in [0, 0.05) is 13.1 Å². The molecule has 0 saturated carbocycles. The minimum atomic E-state index is -0.378. The maximum Gasteiger partial charge on any atom is 0.253 e. The zero-order valence-electron chi connectivity index (χ0n) is 14.7. The molecule has 3 heterocycles. The molecule has 5 rings (SSSR count). The number of benzene rings is 2. The summed E-state index contributed by atoms with van der Waals surface area (Å²) in [4.78, 5) is 27.9. The summed E-state index contributed by atoms with van der Waals surface area (Å²) in [5.74, 6) is -0.510. The monoisotopic (exact) mass is 347 g/mol. The maximum atomic E-state index is 13.3. The summed E-state index contributed by atoms with van der Waals surface area (Å²) in [5, 5.41) is 4.39. The van der Waals surface area contributed by atoms with E-state index in [-0.39, 0.29) is 29.8 Å². The molecule has 2 aromatic carbocycles. The van der Waals surface area contributed by atoms with Gasteiger partial charge in [-0.25, -0.2) is 14.9 Å². The first-order valence-electron chi connectivity index (χ1n) is 9.19. The van der Waals surface area contributed by atoms with E-state index in [1.807, 2.05) is 30.3 Å². The van der Waals surface area contributed by atoms with Crippen molar-refractivity contribution in [2.24, 2.45) is 5.92 Å². The summed E-state index contributed by atoms with van der Waals surface area (Å²) in [6.07, 6.45) is 1.03. The van der Waals surface area contributed by atoms with E-state index in [9.17, 15) is 9.59 Å². The molecular formula is C21H21N3O2. The first kappa shape index (κ1) is 15.7. The highest BCUT2D eigenvalue weighted by molar-refractivity contribution is 6.24. The van der Waals surface area contributed by atoms with Crippen LogP contribution >= 0.6 is 0 Å². The molecule has 5 nitrogen and oxygen atoms in total. The second kappa shape index (κ2) is 5.76. The molecule has 132 valence electrons. The van der Waals surface area contributed by atoms with Gasteiger partial charge in [0.1, 0.15) is 6.04 Å². The van der Waals surface area contributed by atoms with E-state index in [2.05, 4.69) is 41.2 Å². The van der Waals surface area contributed by atoms with Gasteiger partial charge in [-0.05, 0) is 31.0 Å². The Hall–Kier alpha value is -2.50. The van der Waals surface area contributed by atoms with Crippen LogP contribution in [0, 0.1) is 12.8 Å². The molecule has 3 fully saturated rings. The number of aryl methyl sites for hydroxylation is 1. The Bertz CT molecular complexity index is 865. The summed E-state index contributed by atoms with van der Waals surface area (Å²) >= 11 is 0. The molecule has 0 spiro atoms. The number of nitrogens with zero attached hydrogens (tertiary/aromatic N) is 3. The van der Waals surface area contributed by atoms with Gasteiger partial charge in [0.25, 0.3) is 5.91 Å². The van der Waals surface area contributed by atoms with Gasteiger partial charge in [0.15, 0.2) is 0 Å². The number of rotatable bonds is 2. The number of para-hydroxylation sites is 1. The third-order valence-electron chi connectivity index (χ3n) is 5.84. The normalized spacial score (nSPS) is 28.7. The van der Waals surface area contributed by atoms with Crippen LogP contribution in [-0.4, -0.2) is 41.0 Å². The van der Waals surface area contributed by atoms with Gasteiger partial charge < -0.3 is 0 Å². The van der Waals surface area contributed by atoms with Crippen molar-refractivity contribution in [2.75, 3.05) is 18.0 Å². The van der Waals surface area contributed by atoms with Crippen LogP contribution in [0.3, 0.4) is 0 Å². The van der Waals surface area contributed by atoms with E-state index in [0.717, 1.165) is 25.1 Å². The van der Waals surface area contributed by atoms with E-state index < -0.39 is 0 Å². The summed E-state index contributed by atoms with van der Waals surface area (Å²) in [6, 6.07) is 17.2. The number of imide groups is 1. The largest absolute Gasteiger partial charge is 0.274 e. The average Bonchev–Trinajstić information content (AvgIpc) is 3.29. The number of carbonyl (C=O) groups excluding carboxylic acids is 2. The molecule has 0 bridgehead atoms. The number of hydrazine groups is 1. The van der Waals surface area contributed by atoms with Crippen LogP contribution in [0.15, 0.2) is 54.6 Å². The second-order valence-electron chi connectivity index (χ2n) is 7.35. The Labute approximate surface area is 152 Å². The molecule has 3 saturated heterocycles. The van der Waals surface area contributed by atoms with E-state index in [0.29, 0.717) is 5.69 Å². The Kier molecular flexibility index (Phi) is 3.48. The maximum absolute atomic E-state index is 13.3. The van der Waals surface area contributed by atoms with Crippen molar-refractivity contribution < 1.29 is 9.59 Å². The average molecular weight is 347 g/mol. The molecule has 0 aliphatic carbocycles. The summed E-state index contributed by atoms with van der Waals surface area (Å²) in [7, 11) is 0. The quantitative estimate of drug-likeness (QED) is 0.783. The minimum Gasteiger partial charge on any atom is -0.274 e. The summed E-state index contributed by atoms with van der Waals surface area (Å²) in [5.41, 5.74) is 2.98. The van der Waals surface area contributed by atoms with E-state index in [4.69, 9.17) is 0 Å². The summed E-state index contributed by atoms with van der Waals surface area (Å²) < 4.78 is 0. The number of anilines is 1. The van der Waals surface area contributed by atoms with E-state index in [1.54, 1.807) is 0 Å². The first-order chi connectivity index (χ1) is 12.7. The smallest absolute Gasteiger partial charge is 0.253 e. The molecule has 3 aliphatic rings. The minimum absolute atomic E-state index is 0.0618. The molecule has 3 atom stereocenters. The number of carbonyl (C=O) groups is 2. The van der Waals surface area contributed by atoms with Crippen molar-refractivity contribution in [3.8, 4) is 0 Å². The van der Waals surface area contributed by atoms with Crippen molar-refractivity contribution >= 4 is 17.5 Å². The molecule has 2 amide bonds. The van der Waals surface area contributed by atoms with Crippen molar-refractivity contribution in [3.63, 3.8) is 0 Å². The standard InChI is InChI=1S/C21H21N3O2/c1-14-8-10-15(11-9-14)18-17-19(23-13-5-12-22(18)23)21(26)24(20(17)25)16-6-3-2-4-7-16/h2-4,6-11,17-19H,5,12-13H2,1H3/t17-,18-,19-/m1/s1. The van der Waals surface area contributed by atoms with Crippen LogP contribution < -0.4 is 4.90 Å². The van der Waals surface area contributed by atoms with Crippen LogP contribution in [0.4, 0.5) is 5.69 Å². The fourth-order valence-electron chi connectivity index (χ4n) is 4.71. The van der Waals surface area contributed by atoms with Gasteiger partial charge in [0.05, 0.1) is 17.6 Å². The highest BCUT2D eigenvalue weighted by Gasteiger charge is 2.62. The van der Waals surface area contributed by atoms with Crippen LogP contribution in [0.1, 0.15) is 23.6 Å². The number of hydrogen-bond acceptors (Lipinski definition) is 4. The fraction of sp³-hybridized carbons (Fsp3) is 0.333. The molecule has 26 heavy (non-hydrogen) atoms. The molecule has 5 heteroatoms. The third kappa shape index (κ3) is 2.11. The zero-order valence-corrected chi connectivity index (χ0v) is 14.7. The van der Waals surface area contributed by atoms with Gasteiger partial charge in [-0.2, -0.15) is 0 Å². The van der Waals surface area contributed by atoms with Gasteiger partial charge in [0.2, 0.25) is 5.91 Å². The Balaban J connectivity index is 1.59. The fourth-order valence-corrected chi connectivity index (χ4v) is 4.71. The number of fused-ring (bicyclic) bond motifs is 3. The number of amides is 2. The molecular weight excluding hydrogens is 326 g/mol. The van der Waals surface area contributed by atoms with Gasteiger partial charge in [-0.15, -0.1) is 0 Å². The predicted molar refractivity (Wildman–Crippen MR) is 98.2 cm³/mol. The van der Waals surface area contributed by atoms with Crippen molar-refractivity contribution in [1.29, 1.82) is 0 Å². The Morgan fingerprint density at radius 2 is 1.46 bits per heavy atom. The molecule has 2 aromatic rings. The van der Waals surface area contributed by atoms with E-state index >= 15 is 0 Å². The zero-order chi connectivity index (χ0) is 17.8. The van der Waals surface area contributed by atoms with Crippen molar-refractivity contribution in [1.82, 2.24) is 10.0 Å². The highest BCUT2D eigenvalue weighted by Crippen LogP contribution is 2.48. The lowest BCUT2D eigenvalue weighted by Gasteiger charge is -2.29. The first-order valence-corrected chi connectivity index (χ1v) is 9.19. The molecule has 0 aromatic heterocycles. The highest BCUT2D eigenvalue weighted by atomic mass is 16.2. The lowest BCUT2D eigenvalue weighted by atomic mass is 9.89. The van der Waals surface area contributed by atoms with Crippen LogP contribution in [0.25, 0.3) is 0 Å². The predicted octanol–water partition coefficient (Wildman–Crippen LogP) is 2.53.